The van der Waals surface area contributed by atoms with Crippen molar-refractivity contribution in [2.75, 3.05) is 19.7 Å². The van der Waals surface area contributed by atoms with E-state index < -0.39 is 11.1 Å². The second-order valence-corrected chi connectivity index (χ2v) is 10.3. The average molecular weight is 538 g/mol. The number of hydrogen-bond donors (Lipinski definition) is 1. The lowest BCUT2D eigenvalue weighted by Crippen LogP contribution is -2.34. The lowest BCUT2D eigenvalue weighted by atomic mass is 10.1. The molecule has 0 saturated carbocycles. The molecule has 1 atom stereocenters. The van der Waals surface area contributed by atoms with Crippen LogP contribution < -0.4 is 5.32 Å². The summed E-state index contributed by atoms with van der Waals surface area (Å²) in [5.74, 6) is -1.02. The van der Waals surface area contributed by atoms with Gasteiger partial charge in [-0.05, 0) is 61.0 Å². The van der Waals surface area contributed by atoms with Gasteiger partial charge in [-0.2, -0.15) is 0 Å². The smallest absolute Gasteiger partial charge is 0.293 e. The normalized spacial score (nSPS) is 18.8. The van der Waals surface area contributed by atoms with Gasteiger partial charge >= 0.3 is 0 Å². The van der Waals surface area contributed by atoms with E-state index in [9.17, 15) is 19.2 Å². The Morgan fingerprint density at radius 2 is 1.89 bits per heavy atom. The van der Waals surface area contributed by atoms with Gasteiger partial charge in [-0.15, -0.1) is 0 Å². The number of nitrogens with one attached hydrogen (secondary N) is 1. The predicted molar refractivity (Wildman–Crippen MR) is 142 cm³/mol. The fourth-order valence-electron chi connectivity index (χ4n) is 4.41. The zero-order chi connectivity index (χ0) is 25.9. The minimum Gasteiger partial charge on any atom is -0.376 e. The van der Waals surface area contributed by atoms with E-state index in [-0.39, 0.29) is 35.8 Å². The van der Waals surface area contributed by atoms with Crippen molar-refractivity contribution in [2.45, 2.75) is 25.5 Å². The summed E-state index contributed by atoms with van der Waals surface area (Å²) in [6.07, 6.45) is 5.44. The Hall–Kier alpha value is -3.40. The monoisotopic (exact) mass is 537 g/mol. The van der Waals surface area contributed by atoms with Crippen molar-refractivity contribution in [2.24, 2.45) is 0 Å². The molecule has 2 aliphatic heterocycles. The number of hydrogen-bond acceptors (Lipinski definition) is 6. The molecule has 5 rings (SSSR count). The van der Waals surface area contributed by atoms with Gasteiger partial charge in [0.2, 0.25) is 5.91 Å². The first kappa shape index (κ1) is 25.3. The molecule has 3 aromatic rings. The molecule has 8 nitrogen and oxygen atoms in total. The lowest BCUT2D eigenvalue weighted by molar-refractivity contribution is -0.123. The third-order valence-corrected chi connectivity index (χ3v) is 7.47. The Morgan fingerprint density at radius 3 is 2.65 bits per heavy atom. The molecule has 0 bridgehead atoms. The number of halogens is 1. The number of benzene rings is 2. The number of amides is 3. The number of carbonyl (C=O) groups is 4. The van der Waals surface area contributed by atoms with E-state index in [1.54, 1.807) is 36.5 Å². The van der Waals surface area contributed by atoms with Gasteiger partial charge in [-0.1, -0.05) is 29.8 Å². The first-order valence-electron chi connectivity index (χ1n) is 11.9. The van der Waals surface area contributed by atoms with Crippen LogP contribution in [0.4, 0.5) is 4.79 Å². The van der Waals surface area contributed by atoms with Gasteiger partial charge in [0, 0.05) is 46.4 Å². The Kier molecular flexibility index (Phi) is 7.45. The molecule has 2 aliphatic rings. The molecular formula is C27H24ClN3O5S. The third-order valence-electron chi connectivity index (χ3n) is 6.31. The maximum atomic E-state index is 13.0. The van der Waals surface area contributed by atoms with Crippen LogP contribution in [0.15, 0.2) is 59.6 Å². The van der Waals surface area contributed by atoms with Crippen LogP contribution in [0.3, 0.4) is 0 Å². The molecule has 10 heteroatoms. The van der Waals surface area contributed by atoms with E-state index in [0.717, 1.165) is 47.0 Å². The number of thioether (sulfide) groups is 1. The molecule has 2 fully saturated rings. The first-order valence-corrected chi connectivity index (χ1v) is 13.1. The summed E-state index contributed by atoms with van der Waals surface area (Å²) in [6, 6.07) is 13.8. The van der Waals surface area contributed by atoms with Crippen molar-refractivity contribution in [3.8, 4) is 0 Å². The van der Waals surface area contributed by atoms with Crippen molar-refractivity contribution in [3.05, 3.63) is 75.8 Å². The number of carbonyl (C=O) groups excluding carboxylic acids is 4. The second kappa shape index (κ2) is 10.9. The highest BCUT2D eigenvalue weighted by Crippen LogP contribution is 2.34. The minimum atomic E-state index is -0.525. The van der Waals surface area contributed by atoms with Crippen LogP contribution >= 0.6 is 23.4 Å². The summed E-state index contributed by atoms with van der Waals surface area (Å²) >= 11 is 6.67. The molecule has 37 heavy (non-hydrogen) atoms. The summed E-state index contributed by atoms with van der Waals surface area (Å²) in [7, 11) is 0. The van der Waals surface area contributed by atoms with Crippen molar-refractivity contribution in [1.82, 2.24) is 14.8 Å². The topological polar surface area (TPSA) is 97.7 Å². The minimum absolute atomic E-state index is 0.0584. The van der Waals surface area contributed by atoms with Crippen molar-refractivity contribution in [3.63, 3.8) is 0 Å². The van der Waals surface area contributed by atoms with Crippen LogP contribution in [0.1, 0.15) is 28.8 Å². The molecule has 1 aromatic heterocycles. The van der Waals surface area contributed by atoms with Gasteiger partial charge in [-0.25, -0.2) is 0 Å². The number of Topliss-reactive ketones (excluding diaryl/α,β-unsaturated/α-hetero) is 1. The number of fused-ring (bicyclic) bond motifs is 1. The molecule has 190 valence electrons. The van der Waals surface area contributed by atoms with Gasteiger partial charge in [-0.3, -0.25) is 24.1 Å². The average Bonchev–Trinajstić information content (AvgIpc) is 3.60. The first-order chi connectivity index (χ1) is 17.9. The molecule has 0 aliphatic carbocycles. The molecule has 3 amide bonds. The zero-order valence-corrected chi connectivity index (χ0v) is 21.4. The second-order valence-electron chi connectivity index (χ2n) is 8.87. The van der Waals surface area contributed by atoms with Gasteiger partial charge < -0.3 is 14.6 Å². The van der Waals surface area contributed by atoms with Crippen LogP contribution in [0.25, 0.3) is 17.0 Å². The van der Waals surface area contributed by atoms with Gasteiger partial charge in [0.15, 0.2) is 5.78 Å². The van der Waals surface area contributed by atoms with Crippen LogP contribution in [0, 0.1) is 0 Å². The Morgan fingerprint density at radius 1 is 1.11 bits per heavy atom. The Labute approximate surface area is 222 Å². The largest absolute Gasteiger partial charge is 0.376 e. The van der Waals surface area contributed by atoms with Crippen molar-refractivity contribution < 1.29 is 23.9 Å². The molecule has 0 spiro atoms. The van der Waals surface area contributed by atoms with E-state index in [2.05, 4.69) is 5.32 Å². The molecule has 3 heterocycles. The van der Waals surface area contributed by atoms with Gasteiger partial charge in [0.25, 0.3) is 11.1 Å². The maximum Gasteiger partial charge on any atom is 0.293 e. The molecule has 2 saturated heterocycles. The molecule has 1 N–H and O–H groups in total. The number of rotatable bonds is 8. The predicted octanol–water partition coefficient (Wildman–Crippen LogP) is 4.51. The number of para-hydroxylation sites is 1. The van der Waals surface area contributed by atoms with E-state index in [1.165, 1.54) is 0 Å². The van der Waals surface area contributed by atoms with Crippen LogP contribution in [-0.2, 0) is 20.9 Å². The molecular weight excluding hydrogens is 514 g/mol. The summed E-state index contributed by atoms with van der Waals surface area (Å²) in [6.45, 7) is 0.966. The molecule has 0 radical (unpaired) electrons. The fourth-order valence-corrected chi connectivity index (χ4v) is 5.37. The highest BCUT2D eigenvalue weighted by Gasteiger charge is 2.36. The zero-order valence-electron chi connectivity index (χ0n) is 19.8. The van der Waals surface area contributed by atoms with E-state index in [0.29, 0.717) is 22.7 Å². The standard InChI is InChI=1S/C27H24ClN3O5S/c28-19-9-7-17(8-10-19)23(32)15-31-26(34)24(37-27(31)35)12-18-14-30(22-6-2-1-5-21(18)22)16-25(33)29-13-20-4-3-11-36-20/h1-2,5-10,12,14,20H,3-4,11,13,15-16H2,(H,29,33)/b24-12-/t20-/m0/s1. The van der Waals surface area contributed by atoms with E-state index in [1.807, 2.05) is 28.8 Å². The highest BCUT2D eigenvalue weighted by molar-refractivity contribution is 8.18. The Bertz CT molecular complexity index is 1410. The highest BCUT2D eigenvalue weighted by atomic mass is 35.5. The summed E-state index contributed by atoms with van der Waals surface area (Å²) in [4.78, 5) is 52.0. The van der Waals surface area contributed by atoms with Crippen LogP contribution in [0.2, 0.25) is 5.02 Å². The van der Waals surface area contributed by atoms with E-state index in [4.69, 9.17) is 16.3 Å². The van der Waals surface area contributed by atoms with E-state index >= 15 is 0 Å². The van der Waals surface area contributed by atoms with Gasteiger partial charge in [0.1, 0.15) is 6.54 Å². The number of imide groups is 1. The number of nitrogens with zero attached hydrogens (tertiary/aromatic N) is 2. The molecule has 0 unspecified atom stereocenters. The van der Waals surface area contributed by atoms with Crippen molar-refractivity contribution >= 4 is 63.2 Å². The Balaban J connectivity index is 1.32. The summed E-state index contributed by atoms with van der Waals surface area (Å²) < 4.78 is 7.38. The van der Waals surface area contributed by atoms with Crippen molar-refractivity contribution in [1.29, 1.82) is 0 Å². The number of ether oxygens (including phenoxy) is 1. The third kappa shape index (κ3) is 5.64. The molecule has 2 aromatic carbocycles. The quantitative estimate of drug-likeness (QED) is 0.335. The van der Waals surface area contributed by atoms with Crippen LogP contribution in [-0.4, -0.2) is 58.1 Å². The lowest BCUT2D eigenvalue weighted by Gasteiger charge is -2.11. The van der Waals surface area contributed by atoms with Gasteiger partial charge in [0.05, 0.1) is 17.6 Å². The SMILES string of the molecule is O=C(Cn1cc(/C=C2\SC(=O)N(CC(=O)c3ccc(Cl)cc3)C2=O)c2ccccc21)NC[C@@H]1CCCO1. The van der Waals surface area contributed by atoms with Crippen LogP contribution in [0.5, 0.6) is 0 Å². The number of ketones is 1. The maximum absolute atomic E-state index is 13.0. The number of aromatic nitrogens is 1. The summed E-state index contributed by atoms with van der Waals surface area (Å²) in [5.41, 5.74) is 1.91. The summed E-state index contributed by atoms with van der Waals surface area (Å²) in [5, 5.41) is 3.76. The fraction of sp³-hybridized carbons (Fsp3) is 0.259.